The van der Waals surface area contributed by atoms with Gasteiger partial charge in [0.25, 0.3) is 0 Å². The highest BCUT2D eigenvalue weighted by atomic mass is 32.2. The van der Waals surface area contributed by atoms with Crippen LogP contribution in [0.2, 0.25) is 0 Å². The number of carbonyl (C=O) groups excluding carboxylic acids is 1. The Morgan fingerprint density at radius 3 is 2.55 bits per heavy atom. The van der Waals surface area contributed by atoms with Gasteiger partial charge in [0.15, 0.2) is 9.84 Å². The predicted molar refractivity (Wildman–Crippen MR) is 74.5 cm³/mol. The van der Waals surface area contributed by atoms with Gasteiger partial charge in [-0.15, -0.1) is 0 Å². The smallest absolute Gasteiger partial charge is 0.305 e. The number of sulfone groups is 1. The maximum Gasteiger partial charge on any atom is 0.305 e. The van der Waals surface area contributed by atoms with Crippen LogP contribution in [0.3, 0.4) is 0 Å². The van der Waals surface area contributed by atoms with Gasteiger partial charge in [-0.1, -0.05) is 12.1 Å². The number of aryl methyl sites for hydroxylation is 1. The molecule has 6 heteroatoms. The molecule has 1 unspecified atom stereocenters. The Hall–Kier alpha value is -1.56. The van der Waals surface area contributed by atoms with E-state index in [1.165, 1.54) is 7.11 Å². The van der Waals surface area contributed by atoms with Crippen molar-refractivity contribution in [2.45, 2.75) is 25.4 Å². The summed E-state index contributed by atoms with van der Waals surface area (Å²) in [6.45, 7) is 0. The molecule has 1 aliphatic rings. The van der Waals surface area contributed by atoms with Crippen molar-refractivity contribution in [3.8, 4) is 5.75 Å². The quantitative estimate of drug-likeness (QED) is 0.768. The monoisotopic (exact) mass is 298 g/mol. The summed E-state index contributed by atoms with van der Waals surface area (Å²) in [4.78, 5) is 11.0. The standard InChI is InChI=1S/C14H18O5S/c1-18-14(15)7-4-11-2-5-12(6-3-11)19-13-8-9-20(16,17)10-13/h2-3,5-6,13H,4,7-10H2,1H3. The minimum atomic E-state index is -2.92. The Kier molecular flexibility index (Phi) is 4.65. The van der Waals surface area contributed by atoms with Crippen LogP contribution in [-0.2, 0) is 25.8 Å². The van der Waals surface area contributed by atoms with Gasteiger partial charge in [-0.25, -0.2) is 8.42 Å². The molecule has 20 heavy (non-hydrogen) atoms. The Balaban J connectivity index is 1.87. The molecule has 0 aliphatic carbocycles. The first-order valence-electron chi connectivity index (χ1n) is 6.51. The van der Waals surface area contributed by atoms with Crippen LogP contribution in [0.15, 0.2) is 24.3 Å². The van der Waals surface area contributed by atoms with Crippen molar-refractivity contribution in [3.63, 3.8) is 0 Å². The Bertz CT molecular complexity index is 562. The molecule has 0 radical (unpaired) electrons. The Morgan fingerprint density at radius 1 is 1.30 bits per heavy atom. The fourth-order valence-corrected chi connectivity index (χ4v) is 3.72. The largest absolute Gasteiger partial charge is 0.489 e. The lowest BCUT2D eigenvalue weighted by Crippen LogP contribution is -2.17. The molecule has 0 saturated carbocycles. The Morgan fingerprint density at radius 2 is 2.00 bits per heavy atom. The second-order valence-electron chi connectivity index (χ2n) is 4.86. The van der Waals surface area contributed by atoms with E-state index in [-0.39, 0.29) is 23.6 Å². The molecule has 1 aliphatic heterocycles. The van der Waals surface area contributed by atoms with Crippen molar-refractivity contribution in [3.05, 3.63) is 29.8 Å². The van der Waals surface area contributed by atoms with E-state index in [1.54, 1.807) is 12.1 Å². The normalized spacial score (nSPS) is 20.6. The van der Waals surface area contributed by atoms with Crippen molar-refractivity contribution in [2.75, 3.05) is 18.6 Å². The van der Waals surface area contributed by atoms with E-state index in [0.29, 0.717) is 25.0 Å². The molecule has 1 heterocycles. The molecule has 0 amide bonds. The Labute approximate surface area is 118 Å². The fourth-order valence-electron chi connectivity index (χ4n) is 2.13. The van der Waals surface area contributed by atoms with Gasteiger partial charge >= 0.3 is 5.97 Å². The van der Waals surface area contributed by atoms with Crippen molar-refractivity contribution in [1.82, 2.24) is 0 Å². The minimum Gasteiger partial charge on any atom is -0.489 e. The number of benzene rings is 1. The molecule has 1 aromatic rings. The van der Waals surface area contributed by atoms with E-state index < -0.39 is 9.84 Å². The second-order valence-corrected chi connectivity index (χ2v) is 7.09. The zero-order chi connectivity index (χ0) is 14.6. The van der Waals surface area contributed by atoms with Crippen LogP contribution >= 0.6 is 0 Å². The zero-order valence-electron chi connectivity index (χ0n) is 11.4. The molecule has 110 valence electrons. The summed E-state index contributed by atoms with van der Waals surface area (Å²) in [5.41, 5.74) is 1.02. The first kappa shape index (κ1) is 14.8. The predicted octanol–water partition coefficient (Wildman–Crippen LogP) is 1.36. The third-order valence-corrected chi connectivity index (χ3v) is 5.00. The van der Waals surface area contributed by atoms with E-state index >= 15 is 0 Å². The van der Waals surface area contributed by atoms with Gasteiger partial charge in [0.1, 0.15) is 11.9 Å². The number of hydrogen-bond acceptors (Lipinski definition) is 5. The van der Waals surface area contributed by atoms with E-state index in [2.05, 4.69) is 4.74 Å². The maximum atomic E-state index is 11.3. The van der Waals surface area contributed by atoms with E-state index in [1.807, 2.05) is 12.1 Å². The third-order valence-electron chi connectivity index (χ3n) is 3.26. The molecule has 1 atom stereocenters. The van der Waals surface area contributed by atoms with Gasteiger partial charge in [-0.2, -0.15) is 0 Å². The molecule has 1 fully saturated rings. The lowest BCUT2D eigenvalue weighted by molar-refractivity contribution is -0.140. The summed E-state index contributed by atoms with van der Waals surface area (Å²) in [5.74, 6) is 0.724. The highest BCUT2D eigenvalue weighted by Crippen LogP contribution is 2.20. The maximum absolute atomic E-state index is 11.3. The van der Waals surface area contributed by atoms with Crippen molar-refractivity contribution >= 4 is 15.8 Å². The van der Waals surface area contributed by atoms with E-state index in [0.717, 1.165) is 5.56 Å². The third kappa shape index (κ3) is 4.23. The van der Waals surface area contributed by atoms with Gasteiger partial charge in [0.05, 0.1) is 18.6 Å². The number of esters is 1. The molecule has 5 nitrogen and oxygen atoms in total. The highest BCUT2D eigenvalue weighted by molar-refractivity contribution is 7.91. The topological polar surface area (TPSA) is 69.7 Å². The first-order chi connectivity index (χ1) is 9.48. The van der Waals surface area contributed by atoms with E-state index in [4.69, 9.17) is 4.74 Å². The molecular formula is C14H18O5S. The molecule has 0 aromatic heterocycles. The van der Waals surface area contributed by atoms with Crippen molar-refractivity contribution in [2.24, 2.45) is 0 Å². The second kappa shape index (κ2) is 6.26. The van der Waals surface area contributed by atoms with Gasteiger partial charge in [-0.05, 0) is 30.5 Å². The molecular weight excluding hydrogens is 280 g/mol. The average Bonchev–Trinajstić information content (AvgIpc) is 2.76. The number of methoxy groups -OCH3 is 1. The molecule has 1 saturated heterocycles. The summed E-state index contributed by atoms with van der Waals surface area (Å²) in [5, 5.41) is 0. The van der Waals surface area contributed by atoms with Crippen LogP contribution in [-0.4, -0.2) is 39.1 Å². The SMILES string of the molecule is COC(=O)CCc1ccc(OC2CCS(=O)(=O)C2)cc1. The van der Waals surface area contributed by atoms with Crippen LogP contribution < -0.4 is 4.74 Å². The van der Waals surface area contributed by atoms with Crippen molar-refractivity contribution in [1.29, 1.82) is 0 Å². The number of ether oxygens (including phenoxy) is 2. The lowest BCUT2D eigenvalue weighted by Gasteiger charge is -2.12. The molecule has 0 N–H and O–H groups in total. The summed E-state index contributed by atoms with van der Waals surface area (Å²) in [6, 6.07) is 7.36. The zero-order valence-corrected chi connectivity index (χ0v) is 12.2. The number of rotatable bonds is 5. The summed E-state index contributed by atoms with van der Waals surface area (Å²) < 4.78 is 32.9. The average molecular weight is 298 g/mol. The van der Waals surface area contributed by atoms with Crippen LogP contribution in [0.1, 0.15) is 18.4 Å². The van der Waals surface area contributed by atoms with Gasteiger partial charge in [-0.3, -0.25) is 4.79 Å². The van der Waals surface area contributed by atoms with Crippen molar-refractivity contribution < 1.29 is 22.7 Å². The van der Waals surface area contributed by atoms with Gasteiger partial charge < -0.3 is 9.47 Å². The number of hydrogen-bond donors (Lipinski definition) is 0. The van der Waals surface area contributed by atoms with Crippen LogP contribution in [0.4, 0.5) is 0 Å². The fraction of sp³-hybridized carbons (Fsp3) is 0.500. The van der Waals surface area contributed by atoms with Gasteiger partial charge in [0.2, 0.25) is 0 Å². The molecule has 0 spiro atoms. The highest BCUT2D eigenvalue weighted by Gasteiger charge is 2.29. The van der Waals surface area contributed by atoms with Crippen LogP contribution in [0, 0.1) is 0 Å². The van der Waals surface area contributed by atoms with Crippen LogP contribution in [0.5, 0.6) is 5.75 Å². The first-order valence-corrected chi connectivity index (χ1v) is 8.33. The van der Waals surface area contributed by atoms with Crippen LogP contribution in [0.25, 0.3) is 0 Å². The minimum absolute atomic E-state index is 0.0943. The van der Waals surface area contributed by atoms with E-state index in [9.17, 15) is 13.2 Å². The number of carbonyl (C=O) groups is 1. The molecule has 1 aromatic carbocycles. The summed E-state index contributed by atoms with van der Waals surface area (Å²) >= 11 is 0. The summed E-state index contributed by atoms with van der Waals surface area (Å²) in [6.07, 6.45) is 1.26. The lowest BCUT2D eigenvalue weighted by atomic mass is 10.1. The van der Waals surface area contributed by atoms with Gasteiger partial charge in [0, 0.05) is 6.42 Å². The molecule has 0 bridgehead atoms. The molecule has 2 rings (SSSR count). The summed E-state index contributed by atoms with van der Waals surface area (Å²) in [7, 11) is -1.55.